The molecule has 18 heavy (non-hydrogen) atoms. The molecule has 98 valence electrons. The predicted molar refractivity (Wildman–Crippen MR) is 70.9 cm³/mol. The summed E-state index contributed by atoms with van der Waals surface area (Å²) >= 11 is 6.05. The van der Waals surface area contributed by atoms with Crippen LogP contribution in [0.15, 0.2) is 30.3 Å². The van der Waals surface area contributed by atoms with Crippen LogP contribution in [0.3, 0.4) is 0 Å². The molecule has 0 aliphatic carbocycles. The Hall–Kier alpha value is -1.35. The summed E-state index contributed by atoms with van der Waals surface area (Å²) in [5.41, 5.74) is -0.287. The highest BCUT2D eigenvalue weighted by atomic mass is 35.5. The average molecular weight is 269 g/mol. The largest absolute Gasteiger partial charge is 0.458 e. The number of benzene rings is 1. The quantitative estimate of drug-likeness (QED) is 0.366. The highest BCUT2D eigenvalue weighted by molar-refractivity contribution is 6.47. The molecule has 1 unspecified atom stereocenters. The van der Waals surface area contributed by atoms with E-state index in [1.54, 1.807) is 51.1 Å². The number of carbonyl (C=O) groups is 2. The summed E-state index contributed by atoms with van der Waals surface area (Å²) in [4.78, 5) is 22.4. The third-order valence-corrected chi connectivity index (χ3v) is 2.57. The zero-order chi connectivity index (χ0) is 14.0. The van der Waals surface area contributed by atoms with Gasteiger partial charge in [0.2, 0.25) is 4.87 Å². The summed E-state index contributed by atoms with van der Waals surface area (Å²) in [5.74, 6) is -1.19. The van der Waals surface area contributed by atoms with Crippen LogP contribution in [0.5, 0.6) is 0 Å². The third-order valence-electron chi connectivity index (χ3n) is 2.24. The molecule has 1 atom stereocenters. The van der Waals surface area contributed by atoms with Gasteiger partial charge in [0.1, 0.15) is 5.60 Å². The van der Waals surface area contributed by atoms with Crippen molar-refractivity contribution in [2.75, 3.05) is 0 Å². The molecule has 0 radical (unpaired) electrons. The Balaban J connectivity index is 2.93. The zero-order valence-corrected chi connectivity index (χ0v) is 11.7. The Kier molecular flexibility index (Phi) is 4.17. The van der Waals surface area contributed by atoms with E-state index in [1.165, 1.54) is 6.92 Å². The first kappa shape index (κ1) is 14.7. The fourth-order valence-electron chi connectivity index (χ4n) is 1.33. The van der Waals surface area contributed by atoms with Crippen molar-refractivity contribution in [2.24, 2.45) is 0 Å². The van der Waals surface area contributed by atoms with Crippen molar-refractivity contribution in [1.29, 1.82) is 0 Å². The molecule has 0 amide bonds. The van der Waals surface area contributed by atoms with Crippen LogP contribution in [0.2, 0.25) is 0 Å². The van der Waals surface area contributed by atoms with Crippen LogP contribution in [-0.2, 0) is 9.53 Å². The van der Waals surface area contributed by atoms with Crippen LogP contribution in [0.1, 0.15) is 38.1 Å². The van der Waals surface area contributed by atoms with Gasteiger partial charge in [0, 0.05) is 5.56 Å². The van der Waals surface area contributed by atoms with Gasteiger partial charge in [0.25, 0.3) is 0 Å². The van der Waals surface area contributed by atoms with Crippen molar-refractivity contribution in [3.05, 3.63) is 35.9 Å². The molecule has 0 aliphatic heterocycles. The zero-order valence-electron chi connectivity index (χ0n) is 11.0. The van der Waals surface area contributed by atoms with Gasteiger partial charge < -0.3 is 4.74 Å². The number of halogens is 1. The molecule has 0 bridgehead atoms. The highest BCUT2D eigenvalue weighted by Gasteiger charge is 2.42. The van der Waals surface area contributed by atoms with Crippen LogP contribution in [0.25, 0.3) is 0 Å². The number of hydrogen-bond donors (Lipinski definition) is 0. The summed E-state index contributed by atoms with van der Waals surface area (Å²) in [6, 6.07) is 8.46. The maximum absolute atomic E-state index is 12.2. The molecular formula is C14H17ClO3. The minimum Gasteiger partial charge on any atom is -0.458 e. The lowest BCUT2D eigenvalue weighted by Gasteiger charge is -2.26. The lowest BCUT2D eigenvalue weighted by Crippen LogP contribution is -2.43. The number of carbonyl (C=O) groups excluding carboxylic acids is 2. The van der Waals surface area contributed by atoms with Gasteiger partial charge in [-0.3, -0.25) is 4.79 Å². The molecule has 1 rings (SSSR count). The van der Waals surface area contributed by atoms with E-state index in [-0.39, 0.29) is 0 Å². The van der Waals surface area contributed by atoms with Gasteiger partial charge in [0.15, 0.2) is 5.78 Å². The van der Waals surface area contributed by atoms with Crippen molar-refractivity contribution in [3.8, 4) is 0 Å². The molecule has 0 aliphatic rings. The Labute approximate surface area is 112 Å². The van der Waals surface area contributed by atoms with Gasteiger partial charge in [-0.1, -0.05) is 41.9 Å². The smallest absolute Gasteiger partial charge is 0.335 e. The first-order chi connectivity index (χ1) is 8.14. The Bertz CT molecular complexity index is 444. The van der Waals surface area contributed by atoms with Gasteiger partial charge in [-0.25, -0.2) is 4.79 Å². The average Bonchev–Trinajstić information content (AvgIpc) is 2.27. The molecule has 0 saturated heterocycles. The third kappa shape index (κ3) is 3.57. The van der Waals surface area contributed by atoms with E-state index in [0.717, 1.165) is 0 Å². The number of esters is 1. The SMILES string of the molecule is CC(C)(C)OC(=O)C(C)(Cl)C(=O)c1ccccc1. The molecular weight excluding hydrogens is 252 g/mol. The lowest BCUT2D eigenvalue weighted by molar-refractivity contribution is -0.156. The lowest BCUT2D eigenvalue weighted by atomic mass is 9.98. The summed E-state index contributed by atoms with van der Waals surface area (Å²) in [6.07, 6.45) is 0. The van der Waals surface area contributed by atoms with Crippen molar-refractivity contribution >= 4 is 23.4 Å². The number of alkyl halides is 1. The Morgan fingerprint density at radius 1 is 1.06 bits per heavy atom. The maximum atomic E-state index is 12.2. The molecule has 4 heteroatoms. The number of ketones is 1. The second kappa shape index (κ2) is 5.11. The van der Waals surface area contributed by atoms with Gasteiger partial charge in [-0.15, -0.1) is 0 Å². The van der Waals surface area contributed by atoms with Crippen molar-refractivity contribution < 1.29 is 14.3 Å². The molecule has 0 heterocycles. The van der Waals surface area contributed by atoms with Gasteiger partial charge in [0.05, 0.1) is 0 Å². The monoisotopic (exact) mass is 268 g/mol. The molecule has 1 aromatic carbocycles. The fraction of sp³-hybridized carbons (Fsp3) is 0.429. The van der Waals surface area contributed by atoms with Gasteiger partial charge in [-0.05, 0) is 27.7 Å². The highest BCUT2D eigenvalue weighted by Crippen LogP contribution is 2.25. The minimum absolute atomic E-state index is 0.390. The summed E-state index contributed by atoms with van der Waals surface area (Å²) in [7, 11) is 0. The number of hydrogen-bond acceptors (Lipinski definition) is 3. The summed E-state index contributed by atoms with van der Waals surface area (Å²) in [5, 5.41) is 0. The molecule has 0 aromatic heterocycles. The van der Waals surface area contributed by atoms with Crippen LogP contribution in [-0.4, -0.2) is 22.2 Å². The molecule has 1 aromatic rings. The standard InChI is InChI=1S/C14H17ClO3/c1-13(2,3)18-12(17)14(4,15)11(16)10-8-6-5-7-9-10/h5-9H,1-4H3. The van der Waals surface area contributed by atoms with E-state index < -0.39 is 22.2 Å². The molecule has 0 fully saturated rings. The van der Waals surface area contributed by atoms with Gasteiger partial charge >= 0.3 is 5.97 Å². The second-order valence-electron chi connectivity index (χ2n) is 5.20. The van der Waals surface area contributed by atoms with Gasteiger partial charge in [-0.2, -0.15) is 0 Å². The summed E-state index contributed by atoms with van der Waals surface area (Å²) in [6.45, 7) is 6.54. The number of ether oxygens (including phenoxy) is 1. The Morgan fingerprint density at radius 2 is 1.56 bits per heavy atom. The predicted octanol–water partition coefficient (Wildman–Crippen LogP) is 3.21. The van der Waals surface area contributed by atoms with E-state index in [9.17, 15) is 9.59 Å². The molecule has 0 spiro atoms. The molecule has 0 saturated carbocycles. The van der Waals surface area contributed by atoms with E-state index >= 15 is 0 Å². The van der Waals surface area contributed by atoms with Crippen LogP contribution < -0.4 is 0 Å². The number of rotatable bonds is 3. The normalized spacial score (nSPS) is 14.7. The fourth-order valence-corrected chi connectivity index (χ4v) is 1.47. The van der Waals surface area contributed by atoms with E-state index in [2.05, 4.69) is 0 Å². The topological polar surface area (TPSA) is 43.4 Å². The van der Waals surface area contributed by atoms with Crippen molar-refractivity contribution in [2.45, 2.75) is 38.2 Å². The second-order valence-corrected chi connectivity index (χ2v) is 5.96. The maximum Gasteiger partial charge on any atom is 0.335 e. The number of Topliss-reactive ketones (excluding diaryl/α,β-unsaturated/α-hetero) is 1. The van der Waals surface area contributed by atoms with Crippen molar-refractivity contribution in [3.63, 3.8) is 0 Å². The van der Waals surface area contributed by atoms with Crippen LogP contribution in [0, 0.1) is 0 Å². The van der Waals surface area contributed by atoms with E-state index in [0.29, 0.717) is 5.56 Å². The van der Waals surface area contributed by atoms with Crippen LogP contribution >= 0.6 is 11.6 Å². The van der Waals surface area contributed by atoms with Crippen LogP contribution in [0.4, 0.5) is 0 Å². The summed E-state index contributed by atoms with van der Waals surface area (Å²) < 4.78 is 5.15. The Morgan fingerprint density at radius 3 is 2.00 bits per heavy atom. The van der Waals surface area contributed by atoms with E-state index in [1.807, 2.05) is 0 Å². The first-order valence-corrected chi connectivity index (χ1v) is 6.04. The minimum atomic E-state index is -1.70. The molecule has 3 nitrogen and oxygen atoms in total. The first-order valence-electron chi connectivity index (χ1n) is 5.67. The van der Waals surface area contributed by atoms with E-state index in [4.69, 9.17) is 16.3 Å². The van der Waals surface area contributed by atoms with Crippen molar-refractivity contribution in [1.82, 2.24) is 0 Å². The molecule has 0 N–H and O–H groups in total.